The van der Waals surface area contributed by atoms with Crippen LogP contribution in [0.15, 0.2) is 42.6 Å². The molecule has 3 nitrogen and oxygen atoms in total. The van der Waals surface area contributed by atoms with Gasteiger partial charge in [-0.2, -0.15) is 0 Å². The number of H-pyrrole nitrogens is 1. The van der Waals surface area contributed by atoms with Crippen LogP contribution in [0.4, 0.5) is 0 Å². The second-order valence-corrected chi connectivity index (χ2v) is 4.41. The molecule has 4 aromatic rings. The molecule has 17 heavy (non-hydrogen) atoms. The van der Waals surface area contributed by atoms with Gasteiger partial charge in [0.1, 0.15) is 16.8 Å². The lowest BCUT2D eigenvalue weighted by Crippen LogP contribution is -1.86. The Labute approximate surface area is 97.7 Å². The monoisotopic (exact) mass is 221 g/mol. The zero-order chi connectivity index (χ0) is 11.4. The van der Waals surface area contributed by atoms with Crippen LogP contribution in [0, 0.1) is 6.92 Å². The van der Waals surface area contributed by atoms with Crippen molar-refractivity contribution < 1.29 is 0 Å². The number of hydrogen-bond donors (Lipinski definition) is 1. The summed E-state index contributed by atoms with van der Waals surface area (Å²) >= 11 is 0. The molecule has 0 bridgehead atoms. The molecule has 3 aromatic heterocycles. The van der Waals surface area contributed by atoms with Crippen LogP contribution in [0.2, 0.25) is 0 Å². The van der Waals surface area contributed by atoms with Crippen LogP contribution in [0.1, 0.15) is 5.56 Å². The van der Waals surface area contributed by atoms with Gasteiger partial charge in [0.25, 0.3) is 0 Å². The first-order valence-corrected chi connectivity index (χ1v) is 5.68. The van der Waals surface area contributed by atoms with Gasteiger partial charge in [0.05, 0.1) is 0 Å². The fraction of sp³-hybridized carbons (Fsp3) is 0.0714. The zero-order valence-electron chi connectivity index (χ0n) is 9.44. The molecule has 0 amide bonds. The molecule has 0 aliphatic carbocycles. The first-order chi connectivity index (χ1) is 8.33. The molecule has 0 unspecified atom stereocenters. The zero-order valence-corrected chi connectivity index (χ0v) is 9.44. The summed E-state index contributed by atoms with van der Waals surface area (Å²) in [5.74, 6) is 0. The number of aromatic nitrogens is 3. The molecule has 0 fully saturated rings. The second-order valence-electron chi connectivity index (χ2n) is 4.41. The van der Waals surface area contributed by atoms with Gasteiger partial charge in [-0.1, -0.05) is 24.3 Å². The number of imidazole rings is 1. The fourth-order valence-corrected chi connectivity index (χ4v) is 2.38. The first-order valence-electron chi connectivity index (χ1n) is 5.68. The molecule has 0 saturated carbocycles. The van der Waals surface area contributed by atoms with Crippen molar-refractivity contribution in [2.75, 3.05) is 0 Å². The van der Waals surface area contributed by atoms with Gasteiger partial charge in [-0.25, -0.2) is 4.98 Å². The first kappa shape index (κ1) is 8.82. The van der Waals surface area contributed by atoms with E-state index >= 15 is 0 Å². The molecule has 0 aliphatic rings. The van der Waals surface area contributed by atoms with Crippen molar-refractivity contribution in [2.24, 2.45) is 0 Å². The lowest BCUT2D eigenvalue weighted by molar-refractivity contribution is 1.17. The molecule has 3 heteroatoms. The van der Waals surface area contributed by atoms with Gasteiger partial charge < -0.3 is 4.98 Å². The van der Waals surface area contributed by atoms with Gasteiger partial charge in [0.2, 0.25) is 0 Å². The minimum absolute atomic E-state index is 0.989. The van der Waals surface area contributed by atoms with Crippen molar-refractivity contribution in [3.63, 3.8) is 0 Å². The van der Waals surface area contributed by atoms with E-state index in [2.05, 4.69) is 51.8 Å². The highest BCUT2D eigenvalue weighted by molar-refractivity contribution is 6.05. The Balaban J connectivity index is 2.30. The number of rotatable bonds is 0. The average molecular weight is 221 g/mol. The van der Waals surface area contributed by atoms with E-state index in [9.17, 15) is 0 Å². The maximum absolute atomic E-state index is 4.68. The standard InChI is InChI=1S/C14H11N3/c1-9-6-7-12-16-13-10-4-2-3-5-11(10)15-14(13)17(12)8-9/h2-8,15H,1H3. The number of fused-ring (bicyclic) bond motifs is 5. The highest BCUT2D eigenvalue weighted by Gasteiger charge is 2.10. The lowest BCUT2D eigenvalue weighted by atomic mass is 10.2. The predicted octanol–water partition coefficient (Wildman–Crippen LogP) is 3.28. The predicted molar refractivity (Wildman–Crippen MR) is 69.3 cm³/mol. The Morgan fingerprint density at radius 3 is 2.94 bits per heavy atom. The quantitative estimate of drug-likeness (QED) is 0.485. The summed E-state index contributed by atoms with van der Waals surface area (Å²) in [7, 11) is 0. The fourth-order valence-electron chi connectivity index (χ4n) is 2.38. The van der Waals surface area contributed by atoms with Crippen LogP contribution in [0.3, 0.4) is 0 Å². The van der Waals surface area contributed by atoms with E-state index in [1.54, 1.807) is 0 Å². The smallest absolute Gasteiger partial charge is 0.143 e. The van der Waals surface area contributed by atoms with E-state index in [-0.39, 0.29) is 0 Å². The SMILES string of the molecule is Cc1ccc2nc3c4ccccc4[nH]c3n2c1. The van der Waals surface area contributed by atoms with E-state index in [0.717, 1.165) is 22.3 Å². The van der Waals surface area contributed by atoms with Crippen molar-refractivity contribution >= 4 is 27.7 Å². The second kappa shape index (κ2) is 2.88. The van der Waals surface area contributed by atoms with Gasteiger partial charge in [-0.3, -0.25) is 4.40 Å². The summed E-state index contributed by atoms with van der Waals surface area (Å²) in [6, 6.07) is 12.4. The molecule has 4 rings (SSSR count). The summed E-state index contributed by atoms with van der Waals surface area (Å²) in [6.45, 7) is 2.09. The van der Waals surface area contributed by atoms with Crippen molar-refractivity contribution in [2.45, 2.75) is 6.92 Å². The van der Waals surface area contributed by atoms with Gasteiger partial charge in [-0.05, 0) is 24.6 Å². The minimum atomic E-state index is 0.989. The molecule has 0 saturated heterocycles. The van der Waals surface area contributed by atoms with Gasteiger partial charge in [0.15, 0.2) is 0 Å². The maximum Gasteiger partial charge on any atom is 0.143 e. The highest BCUT2D eigenvalue weighted by atomic mass is 15.1. The molecule has 0 radical (unpaired) electrons. The molecular formula is C14H11N3. The van der Waals surface area contributed by atoms with Gasteiger partial charge in [-0.15, -0.1) is 0 Å². The maximum atomic E-state index is 4.68. The minimum Gasteiger partial charge on any atom is -0.339 e. The molecule has 0 spiro atoms. The van der Waals surface area contributed by atoms with E-state index in [0.29, 0.717) is 0 Å². The van der Waals surface area contributed by atoms with Crippen molar-refractivity contribution in [1.82, 2.24) is 14.4 Å². The number of pyridine rings is 1. The highest BCUT2D eigenvalue weighted by Crippen LogP contribution is 2.25. The molecule has 82 valence electrons. The normalized spacial score (nSPS) is 11.8. The number of aryl methyl sites for hydroxylation is 1. The van der Waals surface area contributed by atoms with Crippen LogP contribution >= 0.6 is 0 Å². The number of hydrogen-bond acceptors (Lipinski definition) is 1. The van der Waals surface area contributed by atoms with Crippen molar-refractivity contribution in [3.8, 4) is 0 Å². The van der Waals surface area contributed by atoms with Crippen LogP contribution in [-0.2, 0) is 0 Å². The summed E-state index contributed by atoms with van der Waals surface area (Å²) in [6.07, 6.45) is 2.11. The molecule has 1 N–H and O–H groups in total. The van der Waals surface area contributed by atoms with E-state index in [1.165, 1.54) is 10.9 Å². The molecular weight excluding hydrogens is 210 g/mol. The largest absolute Gasteiger partial charge is 0.339 e. The van der Waals surface area contributed by atoms with Crippen LogP contribution in [0.5, 0.6) is 0 Å². The number of para-hydroxylation sites is 1. The molecule has 0 atom stereocenters. The summed E-state index contributed by atoms with van der Waals surface area (Å²) in [4.78, 5) is 8.10. The molecule has 3 heterocycles. The Hall–Kier alpha value is -2.29. The Morgan fingerprint density at radius 1 is 1.12 bits per heavy atom. The summed E-state index contributed by atoms with van der Waals surface area (Å²) in [5.41, 5.74) is 5.48. The van der Waals surface area contributed by atoms with Crippen LogP contribution in [0.25, 0.3) is 27.7 Å². The number of nitrogens with one attached hydrogen (secondary N) is 1. The summed E-state index contributed by atoms with van der Waals surface area (Å²) < 4.78 is 2.12. The third-order valence-corrected chi connectivity index (χ3v) is 3.20. The Bertz CT molecular complexity index is 852. The van der Waals surface area contributed by atoms with E-state index < -0.39 is 0 Å². The molecule has 0 aliphatic heterocycles. The molecule has 1 aromatic carbocycles. The van der Waals surface area contributed by atoms with Crippen molar-refractivity contribution in [3.05, 3.63) is 48.2 Å². The van der Waals surface area contributed by atoms with Crippen LogP contribution in [-0.4, -0.2) is 14.4 Å². The summed E-state index contributed by atoms with van der Waals surface area (Å²) in [5, 5.41) is 1.18. The average Bonchev–Trinajstić information content (AvgIpc) is 2.85. The third-order valence-electron chi connectivity index (χ3n) is 3.20. The Morgan fingerprint density at radius 2 is 2.00 bits per heavy atom. The lowest BCUT2D eigenvalue weighted by Gasteiger charge is -1.95. The number of benzene rings is 1. The van der Waals surface area contributed by atoms with E-state index in [1.807, 2.05) is 12.1 Å². The van der Waals surface area contributed by atoms with Gasteiger partial charge >= 0.3 is 0 Å². The van der Waals surface area contributed by atoms with Crippen LogP contribution < -0.4 is 0 Å². The number of aromatic amines is 1. The van der Waals surface area contributed by atoms with Gasteiger partial charge in [0, 0.05) is 17.1 Å². The Kier molecular flexibility index (Phi) is 1.50. The third kappa shape index (κ3) is 1.08. The van der Waals surface area contributed by atoms with Crippen molar-refractivity contribution in [1.29, 1.82) is 0 Å². The topological polar surface area (TPSA) is 33.1 Å². The number of nitrogens with zero attached hydrogens (tertiary/aromatic N) is 2. The van der Waals surface area contributed by atoms with E-state index in [4.69, 9.17) is 0 Å².